The fourth-order valence-corrected chi connectivity index (χ4v) is 3.29. The summed E-state index contributed by atoms with van der Waals surface area (Å²) >= 11 is 0. The summed E-state index contributed by atoms with van der Waals surface area (Å²) in [5.41, 5.74) is 10.4. The van der Waals surface area contributed by atoms with Crippen LogP contribution < -0.4 is 5.73 Å². The third-order valence-corrected chi connectivity index (χ3v) is 4.37. The fraction of sp³-hybridized carbons (Fsp3) is 0.667. The number of benzene rings is 1. The van der Waals surface area contributed by atoms with Crippen molar-refractivity contribution in [3.8, 4) is 0 Å². The molecule has 0 saturated carbocycles. The molecule has 0 aliphatic carbocycles. The van der Waals surface area contributed by atoms with E-state index in [0.29, 0.717) is 0 Å². The second-order valence-corrected chi connectivity index (χ2v) is 6.96. The van der Waals surface area contributed by atoms with Gasteiger partial charge in [-0.05, 0) is 30.9 Å². The van der Waals surface area contributed by atoms with E-state index >= 15 is 0 Å². The normalized spacial score (nSPS) is 19.1. The molecule has 1 atom stereocenters. The number of nitrogens with two attached hydrogens (primary N) is 1. The smallest absolute Gasteiger partial charge is 0.0426 e. The van der Waals surface area contributed by atoms with Gasteiger partial charge in [0.25, 0.3) is 0 Å². The van der Waals surface area contributed by atoms with E-state index < -0.39 is 0 Å². The van der Waals surface area contributed by atoms with Crippen molar-refractivity contribution in [1.29, 1.82) is 0 Å². The standard InChI is InChI=1S/C18H31N3/c1-14(2)12-20-7-9-21(10-8-20)13-18(19)17-6-5-15(3)11-16(17)4/h5-6,11,14,18H,7-10,12-13,19H2,1-4H3. The minimum Gasteiger partial charge on any atom is -0.323 e. The molecule has 0 spiro atoms. The largest absolute Gasteiger partial charge is 0.323 e. The lowest BCUT2D eigenvalue weighted by Crippen LogP contribution is -2.49. The molecule has 0 amide bonds. The Morgan fingerprint density at radius 2 is 1.57 bits per heavy atom. The first kappa shape index (κ1) is 16.5. The summed E-state index contributed by atoms with van der Waals surface area (Å²) in [6, 6.07) is 6.73. The summed E-state index contributed by atoms with van der Waals surface area (Å²) in [5, 5.41) is 0. The maximum Gasteiger partial charge on any atom is 0.0426 e. The van der Waals surface area contributed by atoms with Crippen molar-refractivity contribution in [3.63, 3.8) is 0 Å². The van der Waals surface area contributed by atoms with Crippen LogP contribution in [0.4, 0.5) is 0 Å². The molecule has 1 aliphatic heterocycles. The molecule has 1 heterocycles. The van der Waals surface area contributed by atoms with Gasteiger partial charge in [0.1, 0.15) is 0 Å². The SMILES string of the molecule is Cc1ccc(C(N)CN2CCN(CC(C)C)CC2)c(C)c1. The van der Waals surface area contributed by atoms with Crippen molar-refractivity contribution in [2.24, 2.45) is 11.7 Å². The monoisotopic (exact) mass is 289 g/mol. The Labute approximate surface area is 130 Å². The molecule has 1 aromatic carbocycles. The van der Waals surface area contributed by atoms with Gasteiger partial charge in [0.2, 0.25) is 0 Å². The van der Waals surface area contributed by atoms with Gasteiger partial charge in [0.05, 0.1) is 0 Å². The predicted octanol–water partition coefficient (Wildman–Crippen LogP) is 2.58. The van der Waals surface area contributed by atoms with Crippen LogP contribution in [0.3, 0.4) is 0 Å². The Kier molecular flexibility index (Phi) is 5.80. The van der Waals surface area contributed by atoms with Crippen molar-refractivity contribution >= 4 is 0 Å². The van der Waals surface area contributed by atoms with Crippen LogP contribution >= 0.6 is 0 Å². The molecule has 1 aromatic rings. The van der Waals surface area contributed by atoms with Crippen LogP contribution in [0.5, 0.6) is 0 Å². The van der Waals surface area contributed by atoms with Gasteiger partial charge in [-0.1, -0.05) is 37.6 Å². The number of hydrogen-bond donors (Lipinski definition) is 1. The number of nitrogens with zero attached hydrogens (tertiary/aromatic N) is 2. The molecule has 1 saturated heterocycles. The van der Waals surface area contributed by atoms with Crippen LogP contribution in [0, 0.1) is 19.8 Å². The van der Waals surface area contributed by atoms with E-state index in [1.165, 1.54) is 36.3 Å². The fourth-order valence-electron chi connectivity index (χ4n) is 3.29. The van der Waals surface area contributed by atoms with Gasteiger partial charge in [-0.15, -0.1) is 0 Å². The van der Waals surface area contributed by atoms with Gasteiger partial charge in [-0.25, -0.2) is 0 Å². The van der Waals surface area contributed by atoms with Crippen LogP contribution in [0.2, 0.25) is 0 Å². The lowest BCUT2D eigenvalue weighted by atomic mass is 9.99. The number of hydrogen-bond acceptors (Lipinski definition) is 3. The molecule has 0 bridgehead atoms. The topological polar surface area (TPSA) is 32.5 Å². The van der Waals surface area contributed by atoms with Crippen molar-refractivity contribution < 1.29 is 0 Å². The second kappa shape index (κ2) is 7.39. The predicted molar refractivity (Wildman–Crippen MR) is 90.6 cm³/mol. The molecular formula is C18H31N3. The summed E-state index contributed by atoms with van der Waals surface area (Å²) in [7, 11) is 0. The highest BCUT2D eigenvalue weighted by Crippen LogP contribution is 2.19. The van der Waals surface area contributed by atoms with Crippen molar-refractivity contribution in [2.75, 3.05) is 39.3 Å². The Morgan fingerprint density at radius 3 is 2.10 bits per heavy atom. The maximum atomic E-state index is 6.44. The summed E-state index contributed by atoms with van der Waals surface area (Å²) in [4.78, 5) is 5.09. The highest BCUT2D eigenvalue weighted by atomic mass is 15.3. The molecule has 1 fully saturated rings. The summed E-state index contributed by atoms with van der Waals surface area (Å²) in [6.45, 7) is 15.7. The number of rotatable bonds is 5. The highest BCUT2D eigenvalue weighted by Gasteiger charge is 2.20. The van der Waals surface area contributed by atoms with Crippen LogP contribution in [0.15, 0.2) is 18.2 Å². The average Bonchev–Trinajstić information content (AvgIpc) is 2.40. The van der Waals surface area contributed by atoms with E-state index in [-0.39, 0.29) is 6.04 Å². The van der Waals surface area contributed by atoms with Gasteiger partial charge >= 0.3 is 0 Å². The average molecular weight is 289 g/mol. The third-order valence-electron chi connectivity index (χ3n) is 4.37. The van der Waals surface area contributed by atoms with Crippen molar-refractivity contribution in [1.82, 2.24) is 9.80 Å². The first-order valence-electron chi connectivity index (χ1n) is 8.23. The van der Waals surface area contributed by atoms with E-state index in [4.69, 9.17) is 5.73 Å². The number of piperazine rings is 1. The Balaban J connectivity index is 1.85. The molecule has 0 aromatic heterocycles. The van der Waals surface area contributed by atoms with E-state index in [1.807, 2.05) is 0 Å². The minimum absolute atomic E-state index is 0.127. The van der Waals surface area contributed by atoms with Gasteiger partial charge in [0.15, 0.2) is 0 Å². The van der Waals surface area contributed by atoms with Crippen LogP contribution in [0.1, 0.15) is 36.6 Å². The highest BCUT2D eigenvalue weighted by molar-refractivity contribution is 5.32. The molecule has 1 aliphatic rings. The van der Waals surface area contributed by atoms with Gasteiger partial charge < -0.3 is 10.6 Å². The van der Waals surface area contributed by atoms with Gasteiger partial charge in [-0.3, -0.25) is 4.90 Å². The lowest BCUT2D eigenvalue weighted by molar-refractivity contribution is 0.117. The Hall–Kier alpha value is -0.900. The van der Waals surface area contributed by atoms with E-state index in [0.717, 1.165) is 25.6 Å². The van der Waals surface area contributed by atoms with Crippen LogP contribution in [-0.2, 0) is 0 Å². The number of aryl methyl sites for hydroxylation is 2. The summed E-state index contributed by atoms with van der Waals surface area (Å²) in [6.07, 6.45) is 0. The Bertz CT molecular complexity index is 448. The quantitative estimate of drug-likeness (QED) is 0.904. The zero-order valence-corrected chi connectivity index (χ0v) is 14.1. The molecule has 1 unspecified atom stereocenters. The molecule has 3 heteroatoms. The van der Waals surface area contributed by atoms with Crippen LogP contribution in [-0.4, -0.2) is 49.1 Å². The maximum absolute atomic E-state index is 6.44. The minimum atomic E-state index is 0.127. The molecule has 21 heavy (non-hydrogen) atoms. The van der Waals surface area contributed by atoms with Gasteiger partial charge in [0, 0.05) is 45.3 Å². The zero-order valence-electron chi connectivity index (χ0n) is 14.1. The third kappa shape index (κ3) is 4.80. The Morgan fingerprint density at radius 1 is 1.00 bits per heavy atom. The van der Waals surface area contributed by atoms with Gasteiger partial charge in [-0.2, -0.15) is 0 Å². The first-order chi connectivity index (χ1) is 9.95. The molecule has 118 valence electrons. The van der Waals surface area contributed by atoms with E-state index in [9.17, 15) is 0 Å². The molecular weight excluding hydrogens is 258 g/mol. The molecule has 2 N–H and O–H groups in total. The zero-order chi connectivity index (χ0) is 15.4. The first-order valence-corrected chi connectivity index (χ1v) is 8.23. The van der Waals surface area contributed by atoms with Crippen LogP contribution in [0.25, 0.3) is 0 Å². The summed E-state index contributed by atoms with van der Waals surface area (Å²) in [5.74, 6) is 0.758. The van der Waals surface area contributed by atoms with Crippen molar-refractivity contribution in [2.45, 2.75) is 33.7 Å². The summed E-state index contributed by atoms with van der Waals surface area (Å²) < 4.78 is 0. The van der Waals surface area contributed by atoms with Crippen molar-refractivity contribution in [3.05, 3.63) is 34.9 Å². The van der Waals surface area contributed by atoms with E-state index in [1.54, 1.807) is 0 Å². The molecule has 3 nitrogen and oxygen atoms in total. The van der Waals surface area contributed by atoms with E-state index in [2.05, 4.69) is 55.7 Å². The molecule has 0 radical (unpaired) electrons. The lowest BCUT2D eigenvalue weighted by Gasteiger charge is -2.36. The molecule has 2 rings (SSSR count). The second-order valence-electron chi connectivity index (χ2n) is 6.96.